The van der Waals surface area contributed by atoms with Crippen LogP contribution in [0.3, 0.4) is 0 Å². The molecule has 1 aromatic carbocycles. The van der Waals surface area contributed by atoms with Crippen LogP contribution < -0.4 is 5.32 Å². The molecule has 0 atom stereocenters. The number of aromatic nitrogens is 1. The Kier molecular flexibility index (Phi) is 3.66. The third kappa shape index (κ3) is 2.70. The van der Waals surface area contributed by atoms with Gasteiger partial charge < -0.3 is 5.32 Å². The largest absolute Gasteiger partial charge is 0.379 e. The Hall–Kier alpha value is -1.83. The molecule has 0 saturated carbocycles. The van der Waals surface area contributed by atoms with Gasteiger partial charge >= 0.3 is 0 Å². The standard InChI is InChI=1S/C16H20N2/c1-11-7-13(3)15(14(4)8-11)9-18-16-10-17-6-5-12(16)2/h5-8,10,18H,9H2,1-4H3. The molecule has 2 nitrogen and oxygen atoms in total. The van der Waals surface area contributed by atoms with Crippen LogP contribution in [0.15, 0.2) is 30.6 Å². The zero-order chi connectivity index (χ0) is 13.1. The first-order chi connectivity index (χ1) is 8.58. The lowest BCUT2D eigenvalue weighted by atomic mass is 10.00. The number of aryl methyl sites for hydroxylation is 4. The molecule has 0 spiro atoms. The number of hydrogen-bond donors (Lipinski definition) is 1. The van der Waals surface area contributed by atoms with Crippen LogP contribution in [-0.4, -0.2) is 4.98 Å². The molecule has 0 bridgehead atoms. The maximum Gasteiger partial charge on any atom is 0.0559 e. The summed E-state index contributed by atoms with van der Waals surface area (Å²) in [5, 5.41) is 3.47. The summed E-state index contributed by atoms with van der Waals surface area (Å²) < 4.78 is 0. The Morgan fingerprint density at radius 3 is 2.28 bits per heavy atom. The van der Waals surface area contributed by atoms with Crippen LogP contribution in [0.5, 0.6) is 0 Å². The Bertz CT molecular complexity index is 536. The molecule has 0 fully saturated rings. The van der Waals surface area contributed by atoms with Crippen molar-refractivity contribution in [3.63, 3.8) is 0 Å². The highest BCUT2D eigenvalue weighted by Gasteiger charge is 2.04. The molecule has 0 aliphatic heterocycles. The molecule has 2 aromatic rings. The number of nitrogens with zero attached hydrogens (tertiary/aromatic N) is 1. The molecular formula is C16H20N2. The Morgan fingerprint density at radius 1 is 1.00 bits per heavy atom. The second kappa shape index (κ2) is 5.21. The first-order valence-electron chi connectivity index (χ1n) is 6.29. The Labute approximate surface area is 109 Å². The second-order valence-corrected chi connectivity index (χ2v) is 4.92. The van der Waals surface area contributed by atoms with E-state index in [4.69, 9.17) is 0 Å². The minimum Gasteiger partial charge on any atom is -0.379 e. The Balaban J connectivity index is 2.19. The van der Waals surface area contributed by atoms with E-state index in [1.807, 2.05) is 18.5 Å². The lowest BCUT2D eigenvalue weighted by Gasteiger charge is -2.14. The first-order valence-corrected chi connectivity index (χ1v) is 6.29. The number of hydrogen-bond acceptors (Lipinski definition) is 2. The van der Waals surface area contributed by atoms with Crippen LogP contribution in [0.4, 0.5) is 5.69 Å². The van der Waals surface area contributed by atoms with Gasteiger partial charge in [0.15, 0.2) is 0 Å². The van der Waals surface area contributed by atoms with Crippen molar-refractivity contribution in [2.45, 2.75) is 34.2 Å². The van der Waals surface area contributed by atoms with Gasteiger partial charge in [-0.25, -0.2) is 0 Å². The summed E-state index contributed by atoms with van der Waals surface area (Å²) in [6.45, 7) is 9.44. The average molecular weight is 240 g/mol. The van der Waals surface area contributed by atoms with Gasteiger partial charge in [0.25, 0.3) is 0 Å². The monoisotopic (exact) mass is 240 g/mol. The molecule has 0 aliphatic carbocycles. The van der Waals surface area contributed by atoms with E-state index in [9.17, 15) is 0 Å². The summed E-state index contributed by atoms with van der Waals surface area (Å²) >= 11 is 0. The normalized spacial score (nSPS) is 10.4. The number of benzene rings is 1. The highest BCUT2D eigenvalue weighted by molar-refractivity contribution is 5.49. The lowest BCUT2D eigenvalue weighted by Crippen LogP contribution is -2.05. The summed E-state index contributed by atoms with van der Waals surface area (Å²) in [4.78, 5) is 4.15. The van der Waals surface area contributed by atoms with Crippen LogP contribution in [-0.2, 0) is 6.54 Å². The molecular weight excluding hydrogens is 220 g/mol. The van der Waals surface area contributed by atoms with Crippen LogP contribution in [0.1, 0.15) is 27.8 Å². The third-order valence-corrected chi connectivity index (χ3v) is 3.34. The molecule has 0 aliphatic rings. The molecule has 0 unspecified atom stereocenters. The van der Waals surface area contributed by atoms with E-state index in [1.54, 1.807) is 0 Å². The van der Waals surface area contributed by atoms with Gasteiger partial charge in [-0.3, -0.25) is 4.98 Å². The molecule has 2 rings (SSSR count). The minimum absolute atomic E-state index is 0.852. The predicted molar refractivity (Wildman–Crippen MR) is 77.0 cm³/mol. The van der Waals surface area contributed by atoms with Crippen molar-refractivity contribution in [1.82, 2.24) is 4.98 Å². The SMILES string of the molecule is Cc1cc(C)c(CNc2cnccc2C)c(C)c1. The highest BCUT2D eigenvalue weighted by atomic mass is 14.9. The molecule has 1 aromatic heterocycles. The fourth-order valence-corrected chi connectivity index (χ4v) is 2.32. The third-order valence-electron chi connectivity index (χ3n) is 3.34. The number of pyridine rings is 1. The van der Waals surface area contributed by atoms with Gasteiger partial charge in [0.1, 0.15) is 0 Å². The second-order valence-electron chi connectivity index (χ2n) is 4.92. The molecule has 18 heavy (non-hydrogen) atoms. The zero-order valence-corrected chi connectivity index (χ0v) is 11.5. The van der Waals surface area contributed by atoms with E-state index in [0.717, 1.165) is 12.2 Å². The molecule has 0 saturated heterocycles. The molecule has 2 heteroatoms. The summed E-state index contributed by atoms with van der Waals surface area (Å²) in [5.74, 6) is 0. The van der Waals surface area contributed by atoms with Crippen molar-refractivity contribution in [3.8, 4) is 0 Å². The van der Waals surface area contributed by atoms with Crippen LogP contribution in [0.25, 0.3) is 0 Å². The molecule has 1 heterocycles. The van der Waals surface area contributed by atoms with Crippen molar-refractivity contribution in [2.24, 2.45) is 0 Å². The van der Waals surface area contributed by atoms with Crippen molar-refractivity contribution < 1.29 is 0 Å². The fourth-order valence-electron chi connectivity index (χ4n) is 2.32. The van der Waals surface area contributed by atoms with E-state index < -0.39 is 0 Å². The van der Waals surface area contributed by atoms with E-state index >= 15 is 0 Å². The smallest absolute Gasteiger partial charge is 0.0559 e. The van der Waals surface area contributed by atoms with Gasteiger partial charge in [0, 0.05) is 12.7 Å². The van der Waals surface area contributed by atoms with Gasteiger partial charge in [0.2, 0.25) is 0 Å². The van der Waals surface area contributed by atoms with Gasteiger partial charge in [-0.1, -0.05) is 17.7 Å². The Morgan fingerprint density at radius 2 is 1.67 bits per heavy atom. The zero-order valence-electron chi connectivity index (χ0n) is 11.5. The quantitative estimate of drug-likeness (QED) is 0.879. The highest BCUT2D eigenvalue weighted by Crippen LogP contribution is 2.19. The van der Waals surface area contributed by atoms with Crippen molar-refractivity contribution in [1.29, 1.82) is 0 Å². The molecule has 94 valence electrons. The average Bonchev–Trinajstić information content (AvgIpc) is 2.30. The van der Waals surface area contributed by atoms with Crippen LogP contribution in [0.2, 0.25) is 0 Å². The maximum absolute atomic E-state index is 4.15. The van der Waals surface area contributed by atoms with Crippen molar-refractivity contribution in [2.75, 3.05) is 5.32 Å². The summed E-state index contributed by atoms with van der Waals surface area (Å²) in [6, 6.07) is 6.50. The predicted octanol–water partition coefficient (Wildman–Crippen LogP) is 3.93. The topological polar surface area (TPSA) is 24.9 Å². The fraction of sp³-hybridized carbons (Fsp3) is 0.312. The molecule has 0 radical (unpaired) electrons. The van der Waals surface area contributed by atoms with E-state index in [1.165, 1.54) is 27.8 Å². The van der Waals surface area contributed by atoms with Crippen LogP contribution >= 0.6 is 0 Å². The van der Waals surface area contributed by atoms with Gasteiger partial charge in [-0.15, -0.1) is 0 Å². The van der Waals surface area contributed by atoms with Gasteiger partial charge in [0.05, 0.1) is 11.9 Å². The van der Waals surface area contributed by atoms with Crippen molar-refractivity contribution in [3.05, 3.63) is 58.4 Å². The number of rotatable bonds is 3. The van der Waals surface area contributed by atoms with E-state index in [2.05, 4.69) is 50.1 Å². The van der Waals surface area contributed by atoms with Crippen LogP contribution in [0, 0.1) is 27.7 Å². The van der Waals surface area contributed by atoms with E-state index in [-0.39, 0.29) is 0 Å². The minimum atomic E-state index is 0.852. The summed E-state index contributed by atoms with van der Waals surface area (Å²) in [7, 11) is 0. The molecule has 1 N–H and O–H groups in total. The van der Waals surface area contributed by atoms with E-state index in [0.29, 0.717) is 0 Å². The summed E-state index contributed by atoms with van der Waals surface area (Å²) in [5.41, 5.74) is 7.74. The molecule has 0 amide bonds. The number of nitrogens with one attached hydrogen (secondary N) is 1. The number of anilines is 1. The maximum atomic E-state index is 4.15. The first kappa shape index (κ1) is 12.6. The summed E-state index contributed by atoms with van der Waals surface area (Å²) in [6.07, 6.45) is 3.71. The lowest BCUT2D eigenvalue weighted by molar-refractivity contribution is 1.07. The van der Waals surface area contributed by atoms with Crippen molar-refractivity contribution >= 4 is 5.69 Å². The van der Waals surface area contributed by atoms with Gasteiger partial charge in [-0.05, 0) is 56.0 Å². The van der Waals surface area contributed by atoms with Gasteiger partial charge in [-0.2, -0.15) is 0 Å².